The van der Waals surface area contributed by atoms with Crippen LogP contribution < -0.4 is 36.1 Å². The molecular formula is C61H45BF28O9S. The minimum atomic E-state index is -8.89. The topological polar surface area (TPSA) is 83.1 Å². The molecule has 0 bridgehead atoms. The van der Waals surface area contributed by atoms with E-state index in [1.165, 1.54) is 0 Å². The minimum Gasteiger partial charge on any atom is -0.486 e. The fourth-order valence-electron chi connectivity index (χ4n) is 10.1. The van der Waals surface area contributed by atoms with Gasteiger partial charge in [-0.05, 0) is 36.4 Å². The first kappa shape index (κ1) is 81.1. The summed E-state index contributed by atoms with van der Waals surface area (Å²) in [6, 6.07) is 24.3. The standard InChI is InChI=1S/C33H45O9S.C28BF28/c1-34-16-19-37-22-25-40-28-10-4-7-13-31(28)43(32-14-8-5-11-29(32)41-26-23-38-20-17-35-2)33-15-9-6-12-30(33)42-27-24-39-21-18-36-3;30-9-1(25(46,47)48)5(13(34)21(42)17(9)38)29(6-2(26(49,50)51)10(31)18(39)22(43)14(6)35,7-3(27(52,53)54)11(32)19(40)23(44)15(7)36)8-4(28(55,56)57)12(33)20(41)24(45)16(8)37/h4-15H,16-27H2,1-3H3;/q+1;-1. The van der Waals surface area contributed by atoms with E-state index in [0.717, 1.165) is 31.9 Å². The van der Waals surface area contributed by atoms with Crippen LogP contribution in [-0.4, -0.2) is 107 Å². The summed E-state index contributed by atoms with van der Waals surface area (Å²) >= 11 is 0. The molecule has 9 nitrogen and oxygen atoms in total. The molecule has 0 aromatic heterocycles. The Labute approximate surface area is 548 Å². The number of ether oxygens (including phenoxy) is 9. The van der Waals surface area contributed by atoms with Crippen LogP contribution in [0.15, 0.2) is 87.5 Å². The molecule has 0 atom stereocenters. The molecule has 0 saturated carbocycles. The van der Waals surface area contributed by atoms with Crippen LogP contribution in [0.25, 0.3) is 0 Å². The van der Waals surface area contributed by atoms with Crippen molar-refractivity contribution in [3.05, 3.63) is 188 Å². The zero-order valence-electron chi connectivity index (χ0n) is 50.7. The van der Waals surface area contributed by atoms with Crippen LogP contribution in [0.5, 0.6) is 17.2 Å². The van der Waals surface area contributed by atoms with Gasteiger partial charge in [0.2, 0.25) is 14.7 Å². The van der Waals surface area contributed by atoms with E-state index in [1.807, 2.05) is 54.6 Å². The van der Waals surface area contributed by atoms with Crippen molar-refractivity contribution in [2.75, 3.05) is 101 Å². The van der Waals surface area contributed by atoms with E-state index in [4.69, 9.17) is 42.6 Å². The smallest absolute Gasteiger partial charge is 0.416 e. The molecule has 0 aliphatic carbocycles. The van der Waals surface area contributed by atoms with Crippen molar-refractivity contribution in [1.82, 2.24) is 0 Å². The molecule has 0 heterocycles. The Bertz CT molecular complexity index is 3550. The van der Waals surface area contributed by atoms with Crippen LogP contribution in [0.1, 0.15) is 22.3 Å². The Balaban J connectivity index is 0.000000328. The van der Waals surface area contributed by atoms with Gasteiger partial charge in [0.1, 0.15) is 60.1 Å². The van der Waals surface area contributed by atoms with Crippen molar-refractivity contribution in [2.24, 2.45) is 0 Å². The third kappa shape index (κ3) is 17.0. The summed E-state index contributed by atoms with van der Waals surface area (Å²) in [6.45, 7) is 5.78. The third-order valence-electron chi connectivity index (χ3n) is 14.0. The molecule has 0 N–H and O–H groups in total. The van der Waals surface area contributed by atoms with E-state index in [9.17, 15) is 87.8 Å². The van der Waals surface area contributed by atoms with Crippen molar-refractivity contribution in [2.45, 2.75) is 39.4 Å². The molecule has 7 rings (SSSR count). The number of benzene rings is 7. The molecule has 100 heavy (non-hydrogen) atoms. The normalized spacial score (nSPS) is 12.4. The molecule has 0 radical (unpaired) electrons. The van der Waals surface area contributed by atoms with Gasteiger partial charge in [-0.15, -0.1) is 21.9 Å². The van der Waals surface area contributed by atoms with Gasteiger partial charge in [0, 0.05) is 21.3 Å². The molecule has 39 heteroatoms. The van der Waals surface area contributed by atoms with Crippen molar-refractivity contribution in [3.63, 3.8) is 0 Å². The van der Waals surface area contributed by atoms with Crippen LogP contribution in [0, 0.1) is 93.1 Å². The highest BCUT2D eigenvalue weighted by Crippen LogP contribution is 2.46. The van der Waals surface area contributed by atoms with Gasteiger partial charge in [-0.1, -0.05) is 36.4 Å². The maximum atomic E-state index is 16.0. The van der Waals surface area contributed by atoms with E-state index in [-0.39, 0.29) is 0 Å². The maximum absolute atomic E-state index is 16.0. The first-order valence-electron chi connectivity index (χ1n) is 27.8. The van der Waals surface area contributed by atoms with Crippen LogP contribution in [0.2, 0.25) is 0 Å². The lowest BCUT2D eigenvalue weighted by molar-refractivity contribution is -0.140. The van der Waals surface area contributed by atoms with Crippen LogP contribution in [0.4, 0.5) is 123 Å². The largest absolute Gasteiger partial charge is 0.486 e. The predicted octanol–water partition coefficient (Wildman–Crippen LogP) is 14.3. The number of halogens is 28. The minimum absolute atomic E-state index is 0.409. The number of methoxy groups -OCH3 is 3. The quantitative estimate of drug-likeness (QED) is 0.0119. The number of para-hydroxylation sites is 3. The fraction of sp³-hybridized carbons (Fsp3) is 0.311. The fourth-order valence-corrected chi connectivity index (χ4v) is 12.5. The lowest BCUT2D eigenvalue weighted by atomic mass is 9.11. The zero-order valence-corrected chi connectivity index (χ0v) is 51.5. The summed E-state index contributed by atoms with van der Waals surface area (Å²) in [4.78, 5) is 3.04. The van der Waals surface area contributed by atoms with E-state index < -0.39 is 179 Å². The van der Waals surface area contributed by atoms with Gasteiger partial charge in [0.25, 0.3) is 0 Å². The molecule has 0 fully saturated rings. The first-order valence-corrected chi connectivity index (χ1v) is 29.1. The Morgan fingerprint density at radius 3 is 0.650 bits per heavy atom. The molecule has 0 aliphatic heterocycles. The first-order chi connectivity index (χ1) is 46.8. The van der Waals surface area contributed by atoms with Gasteiger partial charge in [0.15, 0.2) is 87.1 Å². The van der Waals surface area contributed by atoms with Gasteiger partial charge >= 0.3 is 24.7 Å². The monoisotopic (exact) mass is 1500 g/mol. The summed E-state index contributed by atoms with van der Waals surface area (Å²) in [5, 5.41) is 0. The lowest BCUT2D eigenvalue weighted by Crippen LogP contribution is -2.82. The highest BCUT2D eigenvalue weighted by molar-refractivity contribution is 7.97. The van der Waals surface area contributed by atoms with E-state index in [1.54, 1.807) is 21.3 Å². The predicted molar refractivity (Wildman–Crippen MR) is 295 cm³/mol. The third-order valence-corrected chi connectivity index (χ3v) is 16.4. The highest BCUT2D eigenvalue weighted by atomic mass is 32.2. The van der Waals surface area contributed by atoms with E-state index >= 15 is 35.1 Å². The van der Waals surface area contributed by atoms with Gasteiger partial charge in [-0.3, -0.25) is 0 Å². The van der Waals surface area contributed by atoms with Crippen LogP contribution in [-0.2, 0) is 64.0 Å². The molecule has 0 saturated heterocycles. The van der Waals surface area contributed by atoms with Crippen molar-refractivity contribution in [3.8, 4) is 17.2 Å². The second-order valence-electron chi connectivity index (χ2n) is 20.0. The molecular weight excluding hydrogens is 1450 g/mol. The summed E-state index contributed by atoms with van der Waals surface area (Å²) in [7, 11) is 4.33. The Morgan fingerprint density at radius 1 is 0.260 bits per heavy atom. The number of rotatable bonds is 28. The van der Waals surface area contributed by atoms with Crippen LogP contribution >= 0.6 is 0 Å². The van der Waals surface area contributed by atoms with E-state index in [0.29, 0.717) is 79.3 Å². The van der Waals surface area contributed by atoms with Gasteiger partial charge in [0.05, 0.1) is 81.7 Å². The van der Waals surface area contributed by atoms with Crippen molar-refractivity contribution < 1.29 is 166 Å². The molecule has 0 spiro atoms. The molecule has 0 unspecified atom stereocenters. The maximum Gasteiger partial charge on any atom is 0.416 e. The van der Waals surface area contributed by atoms with Gasteiger partial charge in [-0.2, -0.15) is 52.7 Å². The van der Waals surface area contributed by atoms with Crippen molar-refractivity contribution >= 4 is 38.9 Å². The summed E-state index contributed by atoms with van der Waals surface area (Å²) in [5.74, 6) is -67.5. The Morgan fingerprint density at radius 2 is 0.450 bits per heavy atom. The van der Waals surface area contributed by atoms with Gasteiger partial charge in [-0.25, -0.2) is 70.2 Å². The molecule has 7 aromatic rings. The Kier molecular flexibility index (Phi) is 27.4. The molecule has 7 aromatic carbocycles. The number of hydrogen-bond donors (Lipinski definition) is 0. The second kappa shape index (κ2) is 33.8. The number of hydrogen-bond acceptors (Lipinski definition) is 9. The second-order valence-corrected chi connectivity index (χ2v) is 22.0. The van der Waals surface area contributed by atoms with E-state index in [2.05, 4.69) is 18.2 Å². The summed E-state index contributed by atoms with van der Waals surface area (Å²) in [5.41, 5.74) is -38.1. The molecule has 0 aliphatic rings. The summed E-state index contributed by atoms with van der Waals surface area (Å²) < 4.78 is 468. The van der Waals surface area contributed by atoms with Crippen LogP contribution in [0.3, 0.4) is 0 Å². The number of alkyl halides is 12. The lowest BCUT2D eigenvalue weighted by Gasteiger charge is -2.49. The molecule has 548 valence electrons. The average Bonchev–Trinajstić information content (AvgIpc) is 0.668. The van der Waals surface area contributed by atoms with Gasteiger partial charge < -0.3 is 42.6 Å². The average molecular weight is 1500 g/mol. The van der Waals surface area contributed by atoms with Crippen molar-refractivity contribution in [1.29, 1.82) is 0 Å². The highest BCUT2D eigenvalue weighted by Gasteiger charge is 2.60. The SMILES string of the molecule is COCCOCCOc1ccccc1[S+](c1ccccc1OCCOCCOC)c1ccccc1OCCOCCOC.Fc1c(F)c(F)c(C(F)(F)F)c([B-](c2c(F)c(F)c(F)c(F)c2C(F)(F)F)(c2c(F)c(F)c(F)c(F)c2C(F)(F)F)c2c(F)c(F)c(F)c(F)c2C(F)(F)F)c1F. The summed E-state index contributed by atoms with van der Waals surface area (Å²) in [6.07, 6.45) is -39.5. The zero-order chi connectivity index (χ0) is 74.7. The Hall–Kier alpha value is -7.85. The molecule has 0 amide bonds.